The molecule has 0 saturated heterocycles. The first-order chi connectivity index (χ1) is 34.0. The summed E-state index contributed by atoms with van der Waals surface area (Å²) in [5.74, 6) is 3.35. The Kier molecular flexibility index (Phi) is 14.6. The monoisotopic (exact) mass is 965 g/mol. The molecule has 0 radical (unpaired) electrons. The Bertz CT molecular complexity index is 3090. The molecule has 0 bridgehead atoms. The molecule has 6 N–H and O–H groups in total. The summed E-state index contributed by atoms with van der Waals surface area (Å²) in [6, 6.07) is 43.1. The minimum Gasteiger partial charge on any atom is -0.497 e. The summed E-state index contributed by atoms with van der Waals surface area (Å²) in [5, 5.41) is 9.07. The summed E-state index contributed by atoms with van der Waals surface area (Å²) in [6.45, 7) is 10.3. The van der Waals surface area contributed by atoms with Gasteiger partial charge < -0.3 is 31.6 Å². The summed E-state index contributed by atoms with van der Waals surface area (Å²) >= 11 is 3.31. The topological polar surface area (TPSA) is 175 Å². The molecule has 0 saturated carbocycles. The molecule has 13 nitrogen and oxygen atoms in total. The summed E-state index contributed by atoms with van der Waals surface area (Å²) in [5.41, 5.74) is 21.8. The fourth-order valence-corrected chi connectivity index (χ4v) is 9.73. The molecule has 0 fully saturated rings. The lowest BCUT2D eigenvalue weighted by Gasteiger charge is -2.25. The van der Waals surface area contributed by atoms with Gasteiger partial charge in [0.2, 0.25) is 0 Å². The standard InChI is InChI=1S/C55H55N11O2S2/c1-33(2)45-21-19-43-52(62-45)58-31-60-54(43)64-47-25-35(7-23-50(47)69-41-15-10-38(56)11-16-41)28-66(30-37-9-14-40(67-5)27-49(37)68-6)29-36-8-24-51(70-42-17-12-39(57)13-18-42)48(26-36)65-55-44-20-22-46(34(3)4)63-53(44)59-32-61-55/h7-27,31-34H,28-30,56-57H2,1-6H3,(H,58,60,62,64)(H,59,61,63,65). The predicted molar refractivity (Wildman–Crippen MR) is 285 cm³/mol. The van der Waals surface area contributed by atoms with E-state index in [0.717, 1.165) is 81.3 Å². The van der Waals surface area contributed by atoms with Crippen molar-refractivity contribution in [3.8, 4) is 11.5 Å². The number of hydrogen-bond donors (Lipinski definition) is 4. The molecule has 0 amide bonds. The van der Waals surface area contributed by atoms with E-state index in [9.17, 15) is 0 Å². The minimum atomic E-state index is 0.264. The number of nitrogens with two attached hydrogens (primary N) is 2. The van der Waals surface area contributed by atoms with Crippen LogP contribution >= 0.6 is 23.5 Å². The molecule has 0 aliphatic heterocycles. The van der Waals surface area contributed by atoms with Crippen LogP contribution in [0.1, 0.15) is 67.6 Å². The molecule has 9 rings (SSSR count). The quantitative estimate of drug-likeness (QED) is 0.0597. The highest BCUT2D eigenvalue weighted by Gasteiger charge is 2.19. The van der Waals surface area contributed by atoms with Crippen molar-refractivity contribution in [2.24, 2.45) is 0 Å². The number of ether oxygens (including phenoxy) is 2. The first-order valence-corrected chi connectivity index (χ1v) is 24.6. The molecular formula is C55H55N11O2S2. The van der Waals surface area contributed by atoms with E-state index in [1.807, 2.05) is 72.8 Å². The van der Waals surface area contributed by atoms with Crippen molar-refractivity contribution in [3.05, 3.63) is 168 Å². The van der Waals surface area contributed by atoms with Gasteiger partial charge in [0.05, 0.1) is 36.4 Å². The zero-order valence-electron chi connectivity index (χ0n) is 40.0. The molecule has 4 aromatic heterocycles. The Hall–Kier alpha value is -7.46. The molecule has 70 heavy (non-hydrogen) atoms. The second-order valence-electron chi connectivity index (χ2n) is 17.5. The van der Waals surface area contributed by atoms with Gasteiger partial charge in [-0.05, 0) is 126 Å². The summed E-state index contributed by atoms with van der Waals surface area (Å²) in [6.07, 6.45) is 3.13. The zero-order valence-corrected chi connectivity index (χ0v) is 41.6. The van der Waals surface area contributed by atoms with E-state index in [2.05, 4.69) is 108 Å². The zero-order chi connectivity index (χ0) is 48.7. The van der Waals surface area contributed by atoms with Crippen molar-refractivity contribution in [1.82, 2.24) is 34.8 Å². The smallest absolute Gasteiger partial charge is 0.164 e. The van der Waals surface area contributed by atoms with Crippen LogP contribution in [-0.2, 0) is 19.6 Å². The largest absolute Gasteiger partial charge is 0.497 e. The van der Waals surface area contributed by atoms with Gasteiger partial charge in [-0.3, -0.25) is 4.90 Å². The SMILES string of the molecule is COc1ccc(CN(Cc2ccc(Sc3ccc(N)cc3)c(Nc3ncnc4nc(C(C)C)ccc34)c2)Cc2ccc(Sc3ccc(N)cc3)c(Nc3ncnc4nc(C(C)C)ccc34)c2)c(OC)c1. The van der Waals surface area contributed by atoms with E-state index < -0.39 is 0 Å². The Morgan fingerprint density at radius 3 is 1.46 bits per heavy atom. The number of anilines is 6. The second kappa shape index (κ2) is 21.5. The summed E-state index contributed by atoms with van der Waals surface area (Å²) in [7, 11) is 3.36. The number of methoxy groups -OCH3 is 2. The van der Waals surface area contributed by atoms with Crippen LogP contribution in [0.3, 0.4) is 0 Å². The Morgan fingerprint density at radius 1 is 0.529 bits per heavy atom. The lowest BCUT2D eigenvalue weighted by atomic mass is 10.1. The number of rotatable bonds is 18. The van der Waals surface area contributed by atoms with Crippen molar-refractivity contribution in [1.29, 1.82) is 0 Å². The van der Waals surface area contributed by atoms with Crippen molar-refractivity contribution in [2.75, 3.05) is 36.3 Å². The van der Waals surface area contributed by atoms with E-state index >= 15 is 0 Å². The van der Waals surface area contributed by atoms with E-state index in [0.29, 0.717) is 53.9 Å². The third-order valence-electron chi connectivity index (χ3n) is 11.7. The Labute approximate surface area is 416 Å². The highest BCUT2D eigenvalue weighted by molar-refractivity contribution is 7.99. The van der Waals surface area contributed by atoms with Crippen LogP contribution in [0, 0.1) is 0 Å². The van der Waals surface area contributed by atoms with Crippen LogP contribution in [0.25, 0.3) is 22.1 Å². The van der Waals surface area contributed by atoms with Crippen LogP contribution in [0.4, 0.5) is 34.4 Å². The maximum atomic E-state index is 6.09. The van der Waals surface area contributed by atoms with Crippen molar-refractivity contribution < 1.29 is 9.47 Å². The van der Waals surface area contributed by atoms with Gasteiger partial charge in [0.25, 0.3) is 0 Å². The maximum Gasteiger partial charge on any atom is 0.164 e. The van der Waals surface area contributed by atoms with Gasteiger partial charge in [0.15, 0.2) is 11.3 Å². The van der Waals surface area contributed by atoms with Gasteiger partial charge >= 0.3 is 0 Å². The highest BCUT2D eigenvalue weighted by atomic mass is 32.2. The molecule has 9 aromatic rings. The highest BCUT2D eigenvalue weighted by Crippen LogP contribution is 2.40. The van der Waals surface area contributed by atoms with E-state index in [-0.39, 0.29) is 11.8 Å². The van der Waals surface area contributed by atoms with Crippen LogP contribution in [0.15, 0.2) is 160 Å². The molecule has 0 spiro atoms. The Morgan fingerprint density at radius 2 is 1.01 bits per heavy atom. The Balaban J connectivity index is 1.10. The summed E-state index contributed by atoms with van der Waals surface area (Å²) in [4.78, 5) is 34.8. The molecule has 4 heterocycles. The van der Waals surface area contributed by atoms with Gasteiger partial charge in [0.1, 0.15) is 35.8 Å². The van der Waals surface area contributed by atoms with Gasteiger partial charge in [-0.1, -0.05) is 69.4 Å². The number of hydrogen-bond acceptors (Lipinski definition) is 15. The van der Waals surface area contributed by atoms with Crippen LogP contribution in [-0.4, -0.2) is 49.0 Å². The van der Waals surface area contributed by atoms with E-state index in [1.165, 1.54) is 0 Å². The summed E-state index contributed by atoms with van der Waals surface area (Å²) < 4.78 is 11.5. The third kappa shape index (κ3) is 11.3. The average Bonchev–Trinajstić information content (AvgIpc) is 3.36. The van der Waals surface area contributed by atoms with Crippen LogP contribution < -0.4 is 31.6 Å². The molecule has 354 valence electrons. The third-order valence-corrected chi connectivity index (χ3v) is 13.9. The molecule has 0 atom stereocenters. The molecule has 5 aromatic carbocycles. The van der Waals surface area contributed by atoms with Gasteiger partial charge in [-0.15, -0.1) is 0 Å². The predicted octanol–water partition coefficient (Wildman–Crippen LogP) is 12.8. The number of nitrogens with one attached hydrogen (secondary N) is 2. The molecule has 15 heteroatoms. The number of fused-ring (bicyclic) bond motifs is 2. The van der Waals surface area contributed by atoms with Crippen molar-refractivity contribution in [2.45, 2.75) is 78.7 Å². The van der Waals surface area contributed by atoms with E-state index in [1.54, 1.807) is 50.4 Å². The number of pyridine rings is 2. The van der Waals surface area contributed by atoms with Crippen LogP contribution in [0.5, 0.6) is 11.5 Å². The number of aromatic nitrogens is 6. The number of nitrogen functional groups attached to an aromatic ring is 2. The molecule has 0 aliphatic carbocycles. The molecule has 0 aliphatic rings. The lowest BCUT2D eigenvalue weighted by molar-refractivity contribution is 0.243. The maximum absolute atomic E-state index is 6.09. The fourth-order valence-electron chi connectivity index (χ4n) is 7.97. The van der Waals surface area contributed by atoms with Crippen molar-refractivity contribution >= 4 is 80.0 Å². The average molecular weight is 966 g/mol. The first kappa shape index (κ1) is 47.6. The number of benzene rings is 5. The van der Waals surface area contributed by atoms with E-state index in [4.69, 9.17) is 40.9 Å². The molecule has 0 unspecified atom stereocenters. The second-order valence-corrected chi connectivity index (χ2v) is 19.8. The number of nitrogens with zero attached hydrogens (tertiary/aromatic N) is 7. The molecular weight excluding hydrogens is 911 g/mol. The van der Waals surface area contributed by atoms with Gasteiger partial charge in [-0.25, -0.2) is 29.9 Å². The first-order valence-electron chi connectivity index (χ1n) is 23.0. The fraction of sp³-hybridized carbons (Fsp3) is 0.200. The normalized spacial score (nSPS) is 11.5. The lowest BCUT2D eigenvalue weighted by Crippen LogP contribution is -2.23. The van der Waals surface area contributed by atoms with Crippen LogP contribution in [0.2, 0.25) is 0 Å². The van der Waals surface area contributed by atoms with Crippen molar-refractivity contribution in [3.63, 3.8) is 0 Å². The minimum absolute atomic E-state index is 0.264. The van der Waals surface area contributed by atoms with Gasteiger partial charge in [0, 0.05) is 73.6 Å². The van der Waals surface area contributed by atoms with Gasteiger partial charge in [-0.2, -0.15) is 0 Å².